The second-order valence-corrected chi connectivity index (χ2v) is 6.87. The Kier molecular flexibility index (Phi) is 4.28. The monoisotopic (exact) mass is 358 g/mol. The highest BCUT2D eigenvalue weighted by Gasteiger charge is 2.32. The molecule has 2 aliphatic heterocycles. The van der Waals surface area contributed by atoms with Crippen molar-refractivity contribution in [1.82, 2.24) is 19.8 Å². The van der Waals surface area contributed by atoms with Crippen LogP contribution < -0.4 is 21.1 Å². The van der Waals surface area contributed by atoms with Gasteiger partial charge in [-0.15, -0.1) is 0 Å². The number of amides is 2. The van der Waals surface area contributed by atoms with E-state index in [-0.39, 0.29) is 24.1 Å². The third-order valence-electron chi connectivity index (χ3n) is 5.17. The molecule has 0 radical (unpaired) electrons. The van der Waals surface area contributed by atoms with E-state index in [1.165, 1.54) is 9.13 Å². The molecular weight excluding hydrogens is 336 g/mol. The Morgan fingerprint density at radius 2 is 1.88 bits per heavy atom. The molecule has 4 rings (SSSR count). The molecule has 0 bridgehead atoms. The number of nitrogens with one attached hydrogen (secondary N) is 2. The summed E-state index contributed by atoms with van der Waals surface area (Å²) < 4.78 is 9.18. The molecule has 8 nitrogen and oxygen atoms in total. The Morgan fingerprint density at radius 1 is 1.12 bits per heavy atom. The van der Waals surface area contributed by atoms with Crippen LogP contribution in [-0.4, -0.2) is 40.1 Å². The zero-order valence-corrected chi connectivity index (χ0v) is 14.7. The van der Waals surface area contributed by atoms with E-state index in [0.29, 0.717) is 23.2 Å². The molecule has 2 amide bonds. The number of aryl methyl sites for hydroxylation is 1. The number of rotatable bonds is 3. The topological polar surface area (TPSA) is 94.4 Å². The Morgan fingerprint density at radius 3 is 2.62 bits per heavy atom. The van der Waals surface area contributed by atoms with Crippen LogP contribution in [0, 0.1) is 0 Å². The third kappa shape index (κ3) is 2.80. The van der Waals surface area contributed by atoms with Gasteiger partial charge in [0.05, 0.1) is 5.52 Å². The average molecular weight is 358 g/mol. The number of nitrogens with zero attached hydrogens (tertiary/aromatic N) is 2. The molecule has 26 heavy (non-hydrogen) atoms. The van der Waals surface area contributed by atoms with Crippen molar-refractivity contribution < 1.29 is 14.3 Å². The van der Waals surface area contributed by atoms with Crippen LogP contribution in [0.5, 0.6) is 5.75 Å². The van der Waals surface area contributed by atoms with E-state index >= 15 is 0 Å². The second-order valence-electron chi connectivity index (χ2n) is 6.87. The fourth-order valence-corrected chi connectivity index (χ4v) is 3.82. The van der Waals surface area contributed by atoms with E-state index in [1.807, 2.05) is 18.2 Å². The lowest BCUT2D eigenvalue weighted by molar-refractivity contribution is -0.135. The summed E-state index contributed by atoms with van der Waals surface area (Å²) in [4.78, 5) is 36.6. The summed E-state index contributed by atoms with van der Waals surface area (Å²) in [6.45, 7) is 1.83. The van der Waals surface area contributed by atoms with E-state index < -0.39 is 11.9 Å². The van der Waals surface area contributed by atoms with Crippen molar-refractivity contribution in [3.8, 4) is 5.75 Å². The fourth-order valence-electron chi connectivity index (χ4n) is 3.82. The molecule has 1 atom stereocenters. The van der Waals surface area contributed by atoms with Crippen LogP contribution in [0.2, 0.25) is 0 Å². The van der Waals surface area contributed by atoms with E-state index in [0.717, 1.165) is 25.9 Å². The molecule has 0 aliphatic carbocycles. The predicted molar refractivity (Wildman–Crippen MR) is 95.1 cm³/mol. The lowest BCUT2D eigenvalue weighted by atomic mass is 10.1. The summed E-state index contributed by atoms with van der Waals surface area (Å²) in [5.41, 5.74) is 1.05. The Hall–Kier alpha value is -2.61. The van der Waals surface area contributed by atoms with Gasteiger partial charge in [-0.3, -0.25) is 24.0 Å². The van der Waals surface area contributed by atoms with Crippen LogP contribution in [0.3, 0.4) is 0 Å². The second kappa shape index (κ2) is 6.60. The zero-order chi connectivity index (χ0) is 18.3. The maximum Gasteiger partial charge on any atom is 0.329 e. The van der Waals surface area contributed by atoms with Gasteiger partial charge in [0, 0.05) is 13.5 Å². The van der Waals surface area contributed by atoms with E-state index in [2.05, 4.69) is 10.6 Å². The van der Waals surface area contributed by atoms with Gasteiger partial charge in [0.1, 0.15) is 23.4 Å². The van der Waals surface area contributed by atoms with Crippen LogP contribution in [0.4, 0.5) is 0 Å². The Labute approximate surface area is 150 Å². The van der Waals surface area contributed by atoms with Crippen LogP contribution in [0.1, 0.15) is 31.7 Å². The first-order chi connectivity index (χ1) is 12.6. The first kappa shape index (κ1) is 16.8. The van der Waals surface area contributed by atoms with Crippen molar-refractivity contribution in [1.29, 1.82) is 0 Å². The molecule has 0 spiro atoms. The summed E-state index contributed by atoms with van der Waals surface area (Å²) in [7, 11) is 1.68. The molecule has 138 valence electrons. The zero-order valence-electron chi connectivity index (χ0n) is 14.7. The van der Waals surface area contributed by atoms with Crippen molar-refractivity contribution in [2.75, 3.05) is 13.1 Å². The summed E-state index contributed by atoms with van der Waals surface area (Å²) in [5.74, 6) is -0.0740. The SMILES string of the molecule is Cn1c(=O)n(C2CCC(=O)NC2=O)c2cccc(OC3CCNCC3)c21. The molecule has 2 N–H and O–H groups in total. The molecule has 2 saturated heterocycles. The highest BCUT2D eigenvalue weighted by molar-refractivity contribution is 6.00. The normalized spacial score (nSPS) is 21.8. The Balaban J connectivity index is 1.77. The lowest BCUT2D eigenvalue weighted by Crippen LogP contribution is -2.44. The largest absolute Gasteiger partial charge is 0.488 e. The van der Waals surface area contributed by atoms with Crippen molar-refractivity contribution in [2.45, 2.75) is 37.8 Å². The minimum atomic E-state index is -0.682. The van der Waals surface area contributed by atoms with Crippen molar-refractivity contribution >= 4 is 22.8 Å². The maximum absolute atomic E-state index is 12.9. The first-order valence-corrected chi connectivity index (χ1v) is 8.97. The number of imide groups is 1. The van der Waals surface area contributed by atoms with Gasteiger partial charge in [-0.1, -0.05) is 6.07 Å². The van der Waals surface area contributed by atoms with Gasteiger partial charge in [-0.2, -0.15) is 0 Å². The molecule has 0 saturated carbocycles. The molecule has 2 aromatic rings. The van der Waals surface area contributed by atoms with Gasteiger partial charge in [0.2, 0.25) is 11.8 Å². The number of fused-ring (bicyclic) bond motifs is 1. The molecule has 1 unspecified atom stereocenters. The van der Waals surface area contributed by atoms with E-state index in [4.69, 9.17) is 4.74 Å². The fraction of sp³-hybridized carbons (Fsp3) is 0.500. The van der Waals surface area contributed by atoms with Gasteiger partial charge in [-0.25, -0.2) is 4.79 Å². The van der Waals surface area contributed by atoms with Gasteiger partial charge in [-0.05, 0) is 44.5 Å². The van der Waals surface area contributed by atoms with Crippen molar-refractivity contribution in [2.24, 2.45) is 7.05 Å². The quantitative estimate of drug-likeness (QED) is 0.777. The highest BCUT2D eigenvalue weighted by atomic mass is 16.5. The number of ether oxygens (including phenoxy) is 1. The number of hydrogen-bond acceptors (Lipinski definition) is 5. The standard InChI is InChI=1S/C18H22N4O4/c1-21-16-12(3-2-4-14(16)26-11-7-9-19-10-8-11)22(18(21)25)13-5-6-15(23)20-17(13)24/h2-4,11,13,19H,5-10H2,1H3,(H,20,23,24). The average Bonchev–Trinajstić information content (AvgIpc) is 2.88. The third-order valence-corrected chi connectivity index (χ3v) is 5.17. The van der Waals surface area contributed by atoms with Crippen LogP contribution in [0.15, 0.2) is 23.0 Å². The number of benzene rings is 1. The summed E-state index contributed by atoms with van der Waals surface area (Å²) in [6, 6.07) is 4.83. The van der Waals surface area contributed by atoms with E-state index in [9.17, 15) is 14.4 Å². The van der Waals surface area contributed by atoms with Crippen LogP contribution >= 0.6 is 0 Å². The van der Waals surface area contributed by atoms with Gasteiger partial charge < -0.3 is 10.1 Å². The number of carbonyl (C=O) groups is 2. The minimum absolute atomic E-state index is 0.107. The molecular formula is C18H22N4O4. The van der Waals surface area contributed by atoms with Gasteiger partial charge >= 0.3 is 5.69 Å². The first-order valence-electron chi connectivity index (χ1n) is 8.97. The minimum Gasteiger partial charge on any atom is -0.488 e. The summed E-state index contributed by atoms with van der Waals surface area (Å²) in [5, 5.41) is 5.63. The predicted octanol–water partition coefficient (Wildman–Crippen LogP) is 0.448. The molecule has 1 aromatic carbocycles. The number of aromatic nitrogens is 2. The number of imidazole rings is 1. The lowest BCUT2D eigenvalue weighted by Gasteiger charge is -2.24. The maximum atomic E-state index is 12.9. The van der Waals surface area contributed by atoms with Crippen molar-refractivity contribution in [3.63, 3.8) is 0 Å². The van der Waals surface area contributed by atoms with Crippen LogP contribution in [-0.2, 0) is 16.6 Å². The van der Waals surface area contributed by atoms with E-state index in [1.54, 1.807) is 7.05 Å². The molecule has 8 heteroatoms. The number of carbonyl (C=O) groups excluding carboxylic acids is 2. The number of para-hydroxylation sites is 1. The number of piperidine rings is 2. The molecule has 1 aromatic heterocycles. The van der Waals surface area contributed by atoms with Crippen LogP contribution in [0.25, 0.3) is 11.0 Å². The van der Waals surface area contributed by atoms with Crippen molar-refractivity contribution in [3.05, 3.63) is 28.7 Å². The summed E-state index contributed by atoms with van der Waals surface area (Å²) in [6.07, 6.45) is 2.49. The van der Waals surface area contributed by atoms with Gasteiger partial charge in [0.15, 0.2) is 0 Å². The molecule has 2 fully saturated rings. The number of hydrogen-bond donors (Lipinski definition) is 2. The molecule has 2 aliphatic rings. The Bertz CT molecular complexity index is 923. The smallest absolute Gasteiger partial charge is 0.329 e. The molecule has 3 heterocycles. The summed E-state index contributed by atoms with van der Waals surface area (Å²) >= 11 is 0. The highest BCUT2D eigenvalue weighted by Crippen LogP contribution is 2.30. The van der Waals surface area contributed by atoms with Gasteiger partial charge in [0.25, 0.3) is 0 Å².